The minimum Gasteiger partial charge on any atom is -0.389 e. The largest absolute Gasteiger partial charge is 0.389 e. The van der Waals surface area contributed by atoms with Gasteiger partial charge in [-0.05, 0) is 18.4 Å². The molecule has 22 heavy (non-hydrogen) atoms. The normalized spacial score (nSPS) is 12.3. The molecule has 2 aromatic rings. The number of aliphatic hydroxyl groups excluding tert-OH is 1. The van der Waals surface area contributed by atoms with Crippen LogP contribution in [0.2, 0.25) is 0 Å². The van der Waals surface area contributed by atoms with Crippen molar-refractivity contribution in [1.29, 1.82) is 0 Å². The van der Waals surface area contributed by atoms with Gasteiger partial charge >= 0.3 is 0 Å². The number of thiophene rings is 1. The van der Waals surface area contributed by atoms with E-state index in [0.717, 1.165) is 15.6 Å². The molecule has 2 heterocycles. The number of aromatic nitrogens is 1. The molecule has 1 N–H and O–H groups in total. The zero-order valence-corrected chi connectivity index (χ0v) is 12.8. The molecular formula is C14H16N2O5S. The number of hydrogen-bond donors (Lipinski definition) is 1. The van der Waals surface area contributed by atoms with Crippen LogP contribution in [0.15, 0.2) is 34.6 Å². The lowest BCUT2D eigenvalue weighted by Gasteiger charge is -2.13. The SMILES string of the molecule is Cc1cc(=O)n(CC(O)COCc2cccs2)cc1[N+](=O)[O-]. The third-order valence-electron chi connectivity index (χ3n) is 3.04. The summed E-state index contributed by atoms with van der Waals surface area (Å²) in [5.41, 5.74) is -0.235. The fraction of sp³-hybridized carbons (Fsp3) is 0.357. The van der Waals surface area contributed by atoms with Crippen LogP contribution in [-0.2, 0) is 17.9 Å². The van der Waals surface area contributed by atoms with Crippen LogP contribution in [0.25, 0.3) is 0 Å². The summed E-state index contributed by atoms with van der Waals surface area (Å²) in [7, 11) is 0. The Balaban J connectivity index is 1.96. The Bertz CT molecular complexity index is 696. The van der Waals surface area contributed by atoms with Crippen LogP contribution in [0.4, 0.5) is 5.69 Å². The second-order valence-corrected chi connectivity index (χ2v) is 5.87. The predicted octanol–water partition coefficient (Wildman–Crippen LogP) is 1.70. The molecule has 2 rings (SSSR count). The molecule has 0 spiro atoms. The van der Waals surface area contributed by atoms with E-state index < -0.39 is 11.0 Å². The van der Waals surface area contributed by atoms with Gasteiger partial charge in [-0.1, -0.05) is 6.07 Å². The monoisotopic (exact) mass is 324 g/mol. The smallest absolute Gasteiger partial charge is 0.288 e. The molecule has 0 bridgehead atoms. The van der Waals surface area contributed by atoms with Crippen molar-refractivity contribution in [2.45, 2.75) is 26.2 Å². The third-order valence-corrected chi connectivity index (χ3v) is 3.89. The molecule has 118 valence electrons. The fourth-order valence-electron chi connectivity index (χ4n) is 1.96. The van der Waals surface area contributed by atoms with Gasteiger partial charge in [0.15, 0.2) is 0 Å². The molecule has 1 unspecified atom stereocenters. The molecule has 0 aliphatic carbocycles. The van der Waals surface area contributed by atoms with Crippen molar-refractivity contribution in [1.82, 2.24) is 4.57 Å². The average molecular weight is 324 g/mol. The number of nitrogens with zero attached hydrogens (tertiary/aromatic N) is 2. The molecule has 0 saturated heterocycles. The topological polar surface area (TPSA) is 94.6 Å². The van der Waals surface area contributed by atoms with Crippen LogP contribution in [0.3, 0.4) is 0 Å². The van der Waals surface area contributed by atoms with Crippen molar-refractivity contribution in [3.8, 4) is 0 Å². The molecule has 7 nitrogen and oxygen atoms in total. The van der Waals surface area contributed by atoms with Crippen LogP contribution in [0, 0.1) is 17.0 Å². The van der Waals surface area contributed by atoms with Gasteiger partial charge in [-0.2, -0.15) is 0 Å². The maximum Gasteiger partial charge on any atom is 0.288 e. The van der Waals surface area contributed by atoms with Crippen molar-refractivity contribution in [2.24, 2.45) is 0 Å². The Morgan fingerprint density at radius 1 is 1.55 bits per heavy atom. The van der Waals surface area contributed by atoms with Gasteiger partial charge in [0, 0.05) is 16.5 Å². The predicted molar refractivity (Wildman–Crippen MR) is 82.1 cm³/mol. The zero-order valence-electron chi connectivity index (χ0n) is 12.0. The minimum absolute atomic E-state index is 0.0476. The highest BCUT2D eigenvalue weighted by atomic mass is 32.1. The number of hydrogen-bond acceptors (Lipinski definition) is 6. The van der Waals surface area contributed by atoms with E-state index in [-0.39, 0.29) is 24.4 Å². The van der Waals surface area contributed by atoms with Gasteiger partial charge in [0.05, 0.1) is 37.0 Å². The first-order valence-electron chi connectivity index (χ1n) is 6.61. The number of aliphatic hydroxyl groups is 1. The number of rotatable bonds is 7. The standard InChI is InChI=1S/C14H16N2O5S/c1-10-5-14(18)15(7-13(10)16(19)20)6-11(17)8-21-9-12-3-2-4-22-12/h2-5,7,11,17H,6,8-9H2,1H3. The van der Waals surface area contributed by atoms with Crippen molar-refractivity contribution >= 4 is 17.0 Å². The van der Waals surface area contributed by atoms with E-state index in [2.05, 4.69) is 0 Å². The molecule has 0 aromatic carbocycles. The molecule has 2 aromatic heterocycles. The third kappa shape index (κ3) is 4.23. The van der Waals surface area contributed by atoms with Gasteiger partial charge in [-0.25, -0.2) is 0 Å². The maximum atomic E-state index is 11.8. The first-order chi connectivity index (χ1) is 10.5. The highest BCUT2D eigenvalue weighted by molar-refractivity contribution is 7.09. The van der Waals surface area contributed by atoms with Crippen molar-refractivity contribution in [3.63, 3.8) is 0 Å². The molecule has 0 fully saturated rings. The zero-order chi connectivity index (χ0) is 16.1. The van der Waals surface area contributed by atoms with E-state index in [4.69, 9.17) is 4.74 Å². The van der Waals surface area contributed by atoms with E-state index in [1.807, 2.05) is 17.5 Å². The molecule has 0 aliphatic heterocycles. The van der Waals surface area contributed by atoms with Crippen LogP contribution < -0.4 is 5.56 Å². The molecule has 8 heteroatoms. The Morgan fingerprint density at radius 3 is 2.95 bits per heavy atom. The quantitative estimate of drug-likeness (QED) is 0.618. The summed E-state index contributed by atoms with van der Waals surface area (Å²) in [5, 5.41) is 22.7. The van der Waals surface area contributed by atoms with Gasteiger partial charge in [-0.15, -0.1) is 11.3 Å². The lowest BCUT2D eigenvalue weighted by Crippen LogP contribution is -2.29. The second-order valence-electron chi connectivity index (χ2n) is 4.84. The van der Waals surface area contributed by atoms with E-state index in [9.17, 15) is 20.0 Å². The van der Waals surface area contributed by atoms with Gasteiger partial charge < -0.3 is 14.4 Å². The summed E-state index contributed by atoms with van der Waals surface area (Å²) in [4.78, 5) is 23.2. The average Bonchev–Trinajstić information content (AvgIpc) is 2.94. The summed E-state index contributed by atoms with van der Waals surface area (Å²) < 4.78 is 6.49. The second kappa shape index (κ2) is 7.30. The Hall–Kier alpha value is -2.03. The molecule has 0 aliphatic rings. The van der Waals surface area contributed by atoms with E-state index in [1.165, 1.54) is 13.0 Å². The summed E-state index contributed by atoms with van der Waals surface area (Å²) in [6, 6.07) is 5.02. The lowest BCUT2D eigenvalue weighted by atomic mass is 10.2. The van der Waals surface area contributed by atoms with Gasteiger partial charge in [0.25, 0.3) is 11.2 Å². The van der Waals surface area contributed by atoms with Crippen molar-refractivity contribution < 1.29 is 14.8 Å². The molecular weight excluding hydrogens is 308 g/mol. The number of nitro groups is 1. The van der Waals surface area contributed by atoms with Crippen LogP contribution in [0.1, 0.15) is 10.4 Å². The van der Waals surface area contributed by atoms with E-state index >= 15 is 0 Å². The van der Waals surface area contributed by atoms with E-state index in [1.54, 1.807) is 11.3 Å². The first-order valence-corrected chi connectivity index (χ1v) is 7.49. The number of ether oxygens (including phenoxy) is 1. The lowest BCUT2D eigenvalue weighted by molar-refractivity contribution is -0.386. The summed E-state index contributed by atoms with van der Waals surface area (Å²) in [5.74, 6) is 0. The summed E-state index contributed by atoms with van der Waals surface area (Å²) in [6.45, 7) is 1.89. The Morgan fingerprint density at radius 2 is 2.32 bits per heavy atom. The highest BCUT2D eigenvalue weighted by Gasteiger charge is 2.15. The minimum atomic E-state index is -0.917. The van der Waals surface area contributed by atoms with Crippen molar-refractivity contribution in [2.75, 3.05) is 6.61 Å². The maximum absolute atomic E-state index is 11.8. The molecule has 0 amide bonds. The van der Waals surface area contributed by atoms with Crippen LogP contribution >= 0.6 is 11.3 Å². The first kappa shape index (κ1) is 16.3. The van der Waals surface area contributed by atoms with Crippen LogP contribution in [-0.4, -0.2) is 27.3 Å². The Kier molecular flexibility index (Phi) is 5.42. The van der Waals surface area contributed by atoms with Crippen LogP contribution in [0.5, 0.6) is 0 Å². The van der Waals surface area contributed by atoms with E-state index in [0.29, 0.717) is 12.2 Å². The number of aryl methyl sites for hydroxylation is 1. The summed E-state index contributed by atoms with van der Waals surface area (Å²) in [6.07, 6.45) is 0.236. The molecule has 0 saturated carbocycles. The highest BCUT2D eigenvalue weighted by Crippen LogP contribution is 2.14. The van der Waals surface area contributed by atoms with Crippen molar-refractivity contribution in [3.05, 3.63) is 60.7 Å². The summed E-state index contributed by atoms with van der Waals surface area (Å²) >= 11 is 1.55. The molecule has 0 radical (unpaired) electrons. The fourth-order valence-corrected chi connectivity index (χ4v) is 2.60. The van der Waals surface area contributed by atoms with Gasteiger partial charge in [0.2, 0.25) is 0 Å². The Labute approximate surface area is 130 Å². The number of pyridine rings is 1. The van der Waals surface area contributed by atoms with Gasteiger partial charge in [-0.3, -0.25) is 14.9 Å². The molecule has 1 atom stereocenters. The van der Waals surface area contributed by atoms with Gasteiger partial charge in [0.1, 0.15) is 0 Å².